The molecule has 1 amide bonds. The highest BCUT2D eigenvalue weighted by atomic mass is 19.1. The highest BCUT2D eigenvalue weighted by Gasteiger charge is 2.11. The van der Waals surface area contributed by atoms with Crippen molar-refractivity contribution in [1.82, 2.24) is 0 Å². The molecule has 0 aliphatic carbocycles. The second kappa shape index (κ2) is 8.98. The van der Waals surface area contributed by atoms with Gasteiger partial charge in [0.25, 0.3) is 5.91 Å². The first-order valence-corrected chi connectivity index (χ1v) is 8.50. The van der Waals surface area contributed by atoms with Crippen LogP contribution in [0, 0.1) is 11.6 Å². The number of carbonyl (C=O) groups excluding carboxylic acids is 2. The Labute approximate surface area is 159 Å². The van der Waals surface area contributed by atoms with Crippen LogP contribution in [0.1, 0.15) is 12.0 Å². The van der Waals surface area contributed by atoms with E-state index < -0.39 is 30.1 Å². The molecule has 0 spiro atoms. The summed E-state index contributed by atoms with van der Waals surface area (Å²) < 4.78 is 42.4. The maximum Gasteiger partial charge on any atom is 0.331 e. The third-order valence-electron chi connectivity index (χ3n) is 3.73. The van der Waals surface area contributed by atoms with Crippen LogP contribution in [-0.2, 0) is 14.3 Å². The number of carbonyl (C=O) groups is 2. The molecule has 2 aromatic rings. The Hall–Kier alpha value is -3.42. The molecule has 0 radical (unpaired) electrons. The summed E-state index contributed by atoms with van der Waals surface area (Å²) in [7, 11) is 0. The molecule has 0 bridgehead atoms. The molecular formula is C20H17F2NO5. The number of halogens is 2. The Bertz CT molecular complexity index is 913. The number of ether oxygens (including phenoxy) is 3. The number of rotatable bonds is 5. The molecule has 1 aliphatic heterocycles. The quantitative estimate of drug-likeness (QED) is 0.627. The number of anilines is 1. The van der Waals surface area contributed by atoms with Gasteiger partial charge in [0, 0.05) is 18.6 Å². The molecular weight excluding hydrogens is 372 g/mol. The molecule has 6 nitrogen and oxygen atoms in total. The molecule has 146 valence electrons. The van der Waals surface area contributed by atoms with Crippen molar-refractivity contribution >= 4 is 23.6 Å². The van der Waals surface area contributed by atoms with Crippen LogP contribution in [0.4, 0.5) is 14.5 Å². The van der Waals surface area contributed by atoms with E-state index in [2.05, 4.69) is 5.32 Å². The van der Waals surface area contributed by atoms with Crippen molar-refractivity contribution in [3.63, 3.8) is 0 Å². The number of fused-ring (bicyclic) bond motifs is 1. The first-order chi connectivity index (χ1) is 13.5. The zero-order valence-electron chi connectivity index (χ0n) is 14.7. The van der Waals surface area contributed by atoms with Gasteiger partial charge in [-0.05, 0) is 35.9 Å². The number of benzene rings is 2. The van der Waals surface area contributed by atoms with Crippen molar-refractivity contribution in [3.05, 3.63) is 59.7 Å². The minimum atomic E-state index is -0.796. The number of nitrogens with one attached hydrogen (secondary N) is 1. The van der Waals surface area contributed by atoms with Gasteiger partial charge in [0.15, 0.2) is 18.1 Å². The van der Waals surface area contributed by atoms with Crippen LogP contribution in [0.25, 0.3) is 6.08 Å². The minimum Gasteiger partial charge on any atom is -0.490 e. The van der Waals surface area contributed by atoms with Crippen molar-refractivity contribution in [1.29, 1.82) is 0 Å². The van der Waals surface area contributed by atoms with Crippen molar-refractivity contribution in [2.24, 2.45) is 0 Å². The summed E-state index contributed by atoms with van der Waals surface area (Å²) in [6.07, 6.45) is 3.43. The van der Waals surface area contributed by atoms with E-state index in [1.54, 1.807) is 18.2 Å². The number of amides is 1. The Balaban J connectivity index is 1.52. The fourth-order valence-corrected chi connectivity index (χ4v) is 2.41. The van der Waals surface area contributed by atoms with E-state index in [0.29, 0.717) is 30.3 Å². The summed E-state index contributed by atoms with van der Waals surface area (Å²) in [6, 6.07) is 7.86. The monoisotopic (exact) mass is 389 g/mol. The van der Waals surface area contributed by atoms with E-state index in [0.717, 1.165) is 30.7 Å². The van der Waals surface area contributed by atoms with Gasteiger partial charge in [-0.1, -0.05) is 6.07 Å². The van der Waals surface area contributed by atoms with Gasteiger partial charge in [-0.3, -0.25) is 4.79 Å². The minimum absolute atomic E-state index is 0.330. The van der Waals surface area contributed by atoms with Gasteiger partial charge in [-0.25, -0.2) is 13.6 Å². The number of hydrogen-bond acceptors (Lipinski definition) is 5. The zero-order valence-corrected chi connectivity index (χ0v) is 14.7. The summed E-state index contributed by atoms with van der Waals surface area (Å²) in [5.41, 5.74) is 0.358. The predicted octanol–water partition coefficient (Wildman–Crippen LogP) is 3.32. The summed E-state index contributed by atoms with van der Waals surface area (Å²) in [5.74, 6) is -1.83. The molecule has 1 aliphatic rings. The van der Waals surface area contributed by atoms with Crippen LogP contribution in [0.15, 0.2) is 42.5 Å². The molecule has 0 saturated carbocycles. The van der Waals surface area contributed by atoms with E-state index in [-0.39, 0.29) is 5.69 Å². The third-order valence-corrected chi connectivity index (χ3v) is 3.73. The lowest BCUT2D eigenvalue weighted by molar-refractivity contribution is -0.142. The molecule has 28 heavy (non-hydrogen) atoms. The second-order valence-electron chi connectivity index (χ2n) is 5.87. The maximum absolute atomic E-state index is 13.5. The molecule has 1 heterocycles. The van der Waals surface area contributed by atoms with Crippen molar-refractivity contribution in [3.8, 4) is 11.5 Å². The Kier molecular flexibility index (Phi) is 6.21. The third kappa shape index (κ3) is 5.29. The molecule has 0 saturated heterocycles. The first-order valence-electron chi connectivity index (χ1n) is 8.50. The lowest BCUT2D eigenvalue weighted by Gasteiger charge is -2.07. The van der Waals surface area contributed by atoms with E-state index in [9.17, 15) is 18.4 Å². The summed E-state index contributed by atoms with van der Waals surface area (Å²) in [6.45, 7) is 0.486. The average molecular weight is 389 g/mol. The van der Waals surface area contributed by atoms with Crippen LogP contribution in [0.5, 0.6) is 11.5 Å². The Morgan fingerprint density at radius 2 is 1.86 bits per heavy atom. The van der Waals surface area contributed by atoms with E-state index in [4.69, 9.17) is 14.2 Å². The zero-order chi connectivity index (χ0) is 19.9. The van der Waals surface area contributed by atoms with Crippen molar-refractivity contribution in [2.45, 2.75) is 6.42 Å². The standard InChI is InChI=1S/C20H17F2NO5/c21-14-4-5-15(22)16(11-14)23-19(24)12-28-20(25)7-3-13-2-6-17-18(10-13)27-9-1-8-26-17/h2-7,10-11H,1,8-9,12H2,(H,23,24)/b7-3+. The smallest absolute Gasteiger partial charge is 0.331 e. The van der Waals surface area contributed by atoms with Crippen molar-refractivity contribution in [2.75, 3.05) is 25.1 Å². The second-order valence-corrected chi connectivity index (χ2v) is 5.87. The largest absolute Gasteiger partial charge is 0.490 e. The fraction of sp³-hybridized carbons (Fsp3) is 0.200. The molecule has 0 unspecified atom stereocenters. The highest BCUT2D eigenvalue weighted by Crippen LogP contribution is 2.30. The predicted molar refractivity (Wildman–Crippen MR) is 97.0 cm³/mol. The number of hydrogen-bond donors (Lipinski definition) is 1. The van der Waals surface area contributed by atoms with E-state index in [1.165, 1.54) is 6.08 Å². The highest BCUT2D eigenvalue weighted by molar-refractivity contribution is 5.94. The Morgan fingerprint density at radius 3 is 2.68 bits per heavy atom. The average Bonchev–Trinajstić information content (AvgIpc) is 2.92. The molecule has 0 atom stereocenters. The lowest BCUT2D eigenvalue weighted by atomic mass is 10.2. The normalized spacial score (nSPS) is 13.1. The van der Waals surface area contributed by atoms with E-state index in [1.807, 2.05) is 0 Å². The van der Waals surface area contributed by atoms with Crippen LogP contribution in [-0.4, -0.2) is 31.7 Å². The molecule has 8 heteroatoms. The van der Waals surface area contributed by atoms with Gasteiger partial charge in [0.2, 0.25) is 0 Å². The first kappa shape index (κ1) is 19.3. The molecule has 0 fully saturated rings. The maximum atomic E-state index is 13.5. The van der Waals surface area contributed by atoms with Gasteiger partial charge in [0.1, 0.15) is 11.6 Å². The topological polar surface area (TPSA) is 73.9 Å². The molecule has 1 N–H and O–H groups in total. The van der Waals surface area contributed by atoms with E-state index >= 15 is 0 Å². The summed E-state index contributed by atoms with van der Waals surface area (Å²) in [4.78, 5) is 23.5. The summed E-state index contributed by atoms with van der Waals surface area (Å²) in [5, 5.41) is 2.13. The fourth-order valence-electron chi connectivity index (χ4n) is 2.41. The van der Waals surface area contributed by atoms with Crippen LogP contribution >= 0.6 is 0 Å². The van der Waals surface area contributed by atoms with Gasteiger partial charge < -0.3 is 19.5 Å². The van der Waals surface area contributed by atoms with Crippen LogP contribution in [0.3, 0.4) is 0 Å². The van der Waals surface area contributed by atoms with Gasteiger partial charge in [-0.15, -0.1) is 0 Å². The van der Waals surface area contributed by atoms with Gasteiger partial charge in [0.05, 0.1) is 18.9 Å². The van der Waals surface area contributed by atoms with Gasteiger partial charge >= 0.3 is 5.97 Å². The number of esters is 1. The SMILES string of the molecule is O=C(COC(=O)/C=C/c1ccc2c(c1)OCCCO2)Nc1cc(F)ccc1F. The molecule has 2 aromatic carbocycles. The van der Waals surface area contributed by atoms with Crippen LogP contribution < -0.4 is 14.8 Å². The summed E-state index contributed by atoms with van der Waals surface area (Å²) >= 11 is 0. The lowest BCUT2D eigenvalue weighted by Crippen LogP contribution is -2.20. The molecule has 3 rings (SSSR count). The Morgan fingerprint density at radius 1 is 1.07 bits per heavy atom. The van der Waals surface area contributed by atoms with Crippen LogP contribution in [0.2, 0.25) is 0 Å². The molecule has 0 aromatic heterocycles. The van der Waals surface area contributed by atoms with Gasteiger partial charge in [-0.2, -0.15) is 0 Å². The van der Waals surface area contributed by atoms with Crippen molar-refractivity contribution < 1.29 is 32.6 Å².